The van der Waals surface area contributed by atoms with E-state index in [0.29, 0.717) is 26.2 Å². The smallest absolute Gasteiger partial charge is 0.193 e. The lowest BCUT2D eigenvalue weighted by atomic mass is 10.0. The molecule has 2 aromatic carbocycles. The van der Waals surface area contributed by atoms with Gasteiger partial charge in [-0.05, 0) is 36.8 Å². The van der Waals surface area contributed by atoms with E-state index >= 15 is 0 Å². The Kier molecular flexibility index (Phi) is 3.83. The lowest BCUT2D eigenvalue weighted by Crippen LogP contribution is -2.02. The van der Waals surface area contributed by atoms with Crippen LogP contribution in [0.3, 0.4) is 0 Å². The van der Waals surface area contributed by atoms with Crippen LogP contribution in [0.2, 0.25) is 5.02 Å². The van der Waals surface area contributed by atoms with E-state index in [9.17, 15) is 9.18 Å². The number of aryl methyl sites for hydroxylation is 1. The normalized spacial score (nSPS) is 10.4. The Balaban J connectivity index is 2.44. The summed E-state index contributed by atoms with van der Waals surface area (Å²) in [5.41, 5.74) is 1.25. The fourth-order valence-electron chi connectivity index (χ4n) is 1.59. The Hall–Kier alpha value is -1.19. The van der Waals surface area contributed by atoms with Gasteiger partial charge in [0.15, 0.2) is 5.78 Å². The summed E-state index contributed by atoms with van der Waals surface area (Å²) in [7, 11) is 0. The van der Waals surface area contributed by atoms with E-state index in [1.807, 2.05) is 0 Å². The molecule has 0 atom stereocenters. The van der Waals surface area contributed by atoms with Gasteiger partial charge in [-0.1, -0.05) is 39.7 Å². The van der Waals surface area contributed by atoms with E-state index in [0.717, 1.165) is 0 Å². The summed E-state index contributed by atoms with van der Waals surface area (Å²) in [4.78, 5) is 12.2. The first-order valence-corrected chi connectivity index (χ1v) is 6.41. The van der Waals surface area contributed by atoms with Crippen molar-refractivity contribution in [2.45, 2.75) is 6.92 Å². The van der Waals surface area contributed by atoms with E-state index in [2.05, 4.69) is 15.9 Å². The largest absolute Gasteiger partial charge is 0.289 e. The van der Waals surface area contributed by atoms with Gasteiger partial charge in [-0.3, -0.25) is 4.79 Å². The number of ketones is 1. The second-order valence-electron chi connectivity index (χ2n) is 3.95. The van der Waals surface area contributed by atoms with Crippen LogP contribution in [0.4, 0.5) is 4.39 Å². The quantitative estimate of drug-likeness (QED) is 0.725. The van der Waals surface area contributed by atoms with Crippen LogP contribution in [-0.4, -0.2) is 5.78 Å². The van der Waals surface area contributed by atoms with Gasteiger partial charge in [-0.15, -0.1) is 0 Å². The lowest BCUT2D eigenvalue weighted by Gasteiger charge is -2.04. The summed E-state index contributed by atoms with van der Waals surface area (Å²) >= 11 is 9.15. The van der Waals surface area contributed by atoms with Crippen LogP contribution in [0, 0.1) is 12.7 Å². The SMILES string of the molecule is Cc1ccc(C(=O)c2cc(Cl)cc(Br)c2)cc1F. The van der Waals surface area contributed by atoms with Crippen molar-refractivity contribution in [3.05, 3.63) is 68.4 Å². The number of carbonyl (C=O) groups excluding carboxylic acids is 1. The molecule has 92 valence electrons. The summed E-state index contributed by atoms with van der Waals surface area (Å²) in [5, 5.41) is 0.459. The molecule has 1 nitrogen and oxygen atoms in total. The minimum Gasteiger partial charge on any atom is -0.289 e. The van der Waals surface area contributed by atoms with Crippen molar-refractivity contribution in [2.75, 3.05) is 0 Å². The number of hydrogen-bond donors (Lipinski definition) is 0. The van der Waals surface area contributed by atoms with E-state index in [1.165, 1.54) is 6.07 Å². The van der Waals surface area contributed by atoms with E-state index in [4.69, 9.17) is 11.6 Å². The van der Waals surface area contributed by atoms with Gasteiger partial charge in [0.1, 0.15) is 5.82 Å². The molecule has 18 heavy (non-hydrogen) atoms. The summed E-state index contributed by atoms with van der Waals surface area (Å²) < 4.78 is 14.1. The van der Waals surface area contributed by atoms with Crippen LogP contribution in [0.1, 0.15) is 21.5 Å². The molecule has 0 saturated carbocycles. The molecule has 0 saturated heterocycles. The van der Waals surface area contributed by atoms with Gasteiger partial charge < -0.3 is 0 Å². The zero-order valence-corrected chi connectivity index (χ0v) is 11.8. The second kappa shape index (κ2) is 5.21. The van der Waals surface area contributed by atoms with Crippen molar-refractivity contribution in [3.8, 4) is 0 Å². The average Bonchev–Trinajstić information content (AvgIpc) is 2.30. The van der Waals surface area contributed by atoms with Crippen molar-refractivity contribution in [3.63, 3.8) is 0 Å². The number of carbonyl (C=O) groups is 1. The third-order valence-corrected chi connectivity index (χ3v) is 3.23. The summed E-state index contributed by atoms with van der Waals surface area (Å²) in [6.45, 7) is 1.65. The van der Waals surface area contributed by atoms with E-state index in [1.54, 1.807) is 37.3 Å². The number of hydrogen-bond acceptors (Lipinski definition) is 1. The van der Waals surface area contributed by atoms with Crippen LogP contribution in [-0.2, 0) is 0 Å². The highest BCUT2D eigenvalue weighted by Crippen LogP contribution is 2.22. The molecule has 4 heteroatoms. The minimum atomic E-state index is -0.387. The first kappa shape index (κ1) is 13.2. The number of halogens is 3. The maximum atomic E-state index is 13.4. The summed E-state index contributed by atoms with van der Waals surface area (Å²) in [5.74, 6) is -0.640. The average molecular weight is 328 g/mol. The predicted molar refractivity (Wildman–Crippen MR) is 73.7 cm³/mol. The van der Waals surface area contributed by atoms with Gasteiger partial charge in [0.05, 0.1) is 0 Å². The molecular weight excluding hydrogens is 319 g/mol. The summed E-state index contributed by atoms with van der Waals surface area (Å²) in [6.07, 6.45) is 0. The zero-order valence-electron chi connectivity index (χ0n) is 9.51. The molecule has 0 bridgehead atoms. The maximum absolute atomic E-state index is 13.4. The van der Waals surface area contributed by atoms with Crippen molar-refractivity contribution in [2.24, 2.45) is 0 Å². The zero-order chi connectivity index (χ0) is 13.3. The highest BCUT2D eigenvalue weighted by molar-refractivity contribution is 9.10. The maximum Gasteiger partial charge on any atom is 0.193 e. The molecule has 0 amide bonds. The van der Waals surface area contributed by atoms with Crippen molar-refractivity contribution in [1.29, 1.82) is 0 Å². The third-order valence-electron chi connectivity index (χ3n) is 2.56. The Morgan fingerprint density at radius 3 is 2.50 bits per heavy atom. The molecule has 0 heterocycles. The van der Waals surface area contributed by atoms with Crippen molar-refractivity contribution in [1.82, 2.24) is 0 Å². The van der Waals surface area contributed by atoms with Gasteiger partial charge in [0.25, 0.3) is 0 Å². The van der Waals surface area contributed by atoms with E-state index < -0.39 is 0 Å². The van der Waals surface area contributed by atoms with Crippen molar-refractivity contribution >= 4 is 33.3 Å². The molecule has 0 fully saturated rings. The second-order valence-corrected chi connectivity index (χ2v) is 5.30. The standard InChI is InChI=1S/C14H9BrClFO/c1-8-2-3-9(6-13(8)17)14(18)10-4-11(15)7-12(16)5-10/h2-7H,1H3. The third kappa shape index (κ3) is 2.79. The molecule has 0 aliphatic rings. The molecule has 0 aromatic heterocycles. The topological polar surface area (TPSA) is 17.1 Å². The molecule has 0 aliphatic heterocycles. The van der Waals surface area contributed by atoms with E-state index in [-0.39, 0.29) is 11.6 Å². The van der Waals surface area contributed by atoms with Gasteiger partial charge in [0.2, 0.25) is 0 Å². The molecule has 0 radical (unpaired) electrons. The first-order valence-electron chi connectivity index (χ1n) is 5.24. The molecule has 2 rings (SSSR count). The fourth-order valence-corrected chi connectivity index (χ4v) is 2.45. The Morgan fingerprint density at radius 1 is 1.17 bits per heavy atom. The van der Waals surface area contributed by atoms with Gasteiger partial charge in [-0.25, -0.2) is 4.39 Å². The molecule has 0 aliphatic carbocycles. The molecule has 0 N–H and O–H groups in total. The summed E-state index contributed by atoms with van der Waals surface area (Å²) in [6, 6.07) is 9.34. The molecular formula is C14H9BrClFO. The fraction of sp³-hybridized carbons (Fsp3) is 0.0714. The Morgan fingerprint density at radius 2 is 1.89 bits per heavy atom. The Bertz CT molecular complexity index is 605. The highest BCUT2D eigenvalue weighted by Gasteiger charge is 2.12. The van der Waals surface area contributed by atoms with Gasteiger partial charge in [0, 0.05) is 20.6 Å². The number of benzene rings is 2. The predicted octanol–water partition coefficient (Wildman–Crippen LogP) is 4.78. The molecule has 0 spiro atoms. The van der Waals surface area contributed by atoms with Crippen molar-refractivity contribution < 1.29 is 9.18 Å². The van der Waals surface area contributed by atoms with Crippen LogP contribution in [0.25, 0.3) is 0 Å². The van der Waals surface area contributed by atoms with Crippen LogP contribution in [0.15, 0.2) is 40.9 Å². The highest BCUT2D eigenvalue weighted by atomic mass is 79.9. The number of rotatable bonds is 2. The first-order chi connectivity index (χ1) is 8.47. The van der Waals surface area contributed by atoms with Gasteiger partial charge >= 0.3 is 0 Å². The monoisotopic (exact) mass is 326 g/mol. The Labute approximate surface area is 118 Å². The molecule has 0 unspecified atom stereocenters. The van der Waals surface area contributed by atoms with Crippen LogP contribution < -0.4 is 0 Å². The van der Waals surface area contributed by atoms with Crippen LogP contribution >= 0.6 is 27.5 Å². The van der Waals surface area contributed by atoms with Gasteiger partial charge in [-0.2, -0.15) is 0 Å². The van der Waals surface area contributed by atoms with Crippen LogP contribution in [0.5, 0.6) is 0 Å². The molecule has 2 aromatic rings. The lowest BCUT2D eigenvalue weighted by molar-refractivity contribution is 0.103. The minimum absolute atomic E-state index is 0.253.